The molecule has 1 aromatic rings. The maximum atomic E-state index is 12.5. The summed E-state index contributed by atoms with van der Waals surface area (Å²) >= 11 is 6.62. The summed E-state index contributed by atoms with van der Waals surface area (Å²) in [6, 6.07) is 2.11. The molecule has 0 radical (unpaired) electrons. The van der Waals surface area contributed by atoms with Crippen molar-refractivity contribution in [2.45, 2.75) is 18.9 Å². The van der Waals surface area contributed by atoms with Gasteiger partial charge in [-0.1, -0.05) is 0 Å². The van der Waals surface area contributed by atoms with Gasteiger partial charge in [0, 0.05) is 38.3 Å². The second-order valence-corrected chi connectivity index (χ2v) is 6.38. The van der Waals surface area contributed by atoms with Crippen LogP contribution in [0.15, 0.2) is 19.6 Å². The zero-order valence-electron chi connectivity index (χ0n) is 9.86. The van der Waals surface area contributed by atoms with Crippen molar-refractivity contribution in [3.63, 3.8) is 0 Å². The number of fused-ring (bicyclic) bond motifs is 4. The van der Waals surface area contributed by atoms with Gasteiger partial charge in [-0.25, -0.2) is 0 Å². The Bertz CT molecular complexity index is 447. The van der Waals surface area contributed by atoms with Crippen molar-refractivity contribution < 1.29 is 9.21 Å². The molecule has 3 saturated heterocycles. The van der Waals surface area contributed by atoms with Gasteiger partial charge in [-0.3, -0.25) is 4.79 Å². The van der Waals surface area contributed by atoms with Gasteiger partial charge in [-0.2, -0.15) is 0 Å². The average Bonchev–Trinajstić information content (AvgIpc) is 2.59. The minimum atomic E-state index is 0.00940. The standard InChI is InChI=1S/C12H14Br2N2O2/c13-9-7-10(18-11(9)14)12(17)16-6-5-15-3-1-8(16)2-4-15/h7-8H,1-6H2. The largest absolute Gasteiger partial charge is 0.443 e. The van der Waals surface area contributed by atoms with Crippen LogP contribution in [0.4, 0.5) is 0 Å². The molecule has 18 heavy (non-hydrogen) atoms. The second-order valence-electron chi connectivity index (χ2n) is 4.80. The summed E-state index contributed by atoms with van der Waals surface area (Å²) in [5.74, 6) is 0.421. The van der Waals surface area contributed by atoms with E-state index in [9.17, 15) is 4.79 Å². The minimum absolute atomic E-state index is 0.00940. The molecule has 4 nitrogen and oxygen atoms in total. The predicted molar refractivity (Wildman–Crippen MR) is 74.6 cm³/mol. The molecule has 4 heterocycles. The van der Waals surface area contributed by atoms with Crippen LogP contribution in [0.3, 0.4) is 0 Å². The van der Waals surface area contributed by atoms with E-state index in [2.05, 4.69) is 36.8 Å². The first-order valence-corrected chi connectivity index (χ1v) is 7.72. The highest BCUT2D eigenvalue weighted by atomic mass is 79.9. The van der Waals surface area contributed by atoms with Crippen LogP contribution < -0.4 is 0 Å². The number of hydrogen-bond donors (Lipinski definition) is 0. The van der Waals surface area contributed by atoms with Crippen molar-refractivity contribution in [3.8, 4) is 0 Å². The number of halogens is 2. The topological polar surface area (TPSA) is 36.7 Å². The highest BCUT2D eigenvalue weighted by molar-refractivity contribution is 9.13. The van der Waals surface area contributed by atoms with Crippen molar-refractivity contribution in [1.82, 2.24) is 9.80 Å². The van der Waals surface area contributed by atoms with Crippen molar-refractivity contribution in [2.24, 2.45) is 0 Å². The van der Waals surface area contributed by atoms with Crippen molar-refractivity contribution in [2.75, 3.05) is 26.2 Å². The molecule has 0 saturated carbocycles. The lowest BCUT2D eigenvalue weighted by molar-refractivity contribution is 0.0651. The van der Waals surface area contributed by atoms with Gasteiger partial charge in [0.15, 0.2) is 10.4 Å². The second kappa shape index (κ2) is 4.98. The number of piperidine rings is 1. The zero-order chi connectivity index (χ0) is 12.7. The Morgan fingerprint density at radius 2 is 1.94 bits per heavy atom. The van der Waals surface area contributed by atoms with E-state index in [1.807, 2.05) is 4.90 Å². The Hall–Kier alpha value is -0.330. The summed E-state index contributed by atoms with van der Waals surface area (Å²) in [6.07, 6.45) is 2.16. The zero-order valence-corrected chi connectivity index (χ0v) is 13.0. The molecule has 0 N–H and O–H groups in total. The molecular formula is C12H14Br2N2O2. The van der Waals surface area contributed by atoms with Crippen molar-refractivity contribution >= 4 is 37.8 Å². The van der Waals surface area contributed by atoms with E-state index < -0.39 is 0 Å². The number of carbonyl (C=O) groups excluding carboxylic acids is 1. The Morgan fingerprint density at radius 1 is 1.22 bits per heavy atom. The number of nitrogens with zero attached hydrogens (tertiary/aromatic N) is 2. The Kier molecular flexibility index (Phi) is 3.51. The van der Waals surface area contributed by atoms with Crippen LogP contribution in [0.2, 0.25) is 0 Å². The number of amides is 1. The van der Waals surface area contributed by atoms with Crippen LogP contribution in [0.5, 0.6) is 0 Å². The van der Waals surface area contributed by atoms with Gasteiger partial charge >= 0.3 is 0 Å². The summed E-state index contributed by atoms with van der Waals surface area (Å²) in [4.78, 5) is 16.9. The molecule has 0 aromatic carbocycles. The van der Waals surface area contributed by atoms with Gasteiger partial charge in [0.2, 0.25) is 0 Å². The minimum Gasteiger partial charge on any atom is -0.443 e. The molecule has 0 atom stereocenters. The smallest absolute Gasteiger partial charge is 0.289 e. The molecule has 6 heteroatoms. The number of rotatable bonds is 1. The fourth-order valence-corrected chi connectivity index (χ4v) is 3.32. The van der Waals surface area contributed by atoms with Gasteiger partial charge < -0.3 is 14.2 Å². The molecule has 1 amide bonds. The Labute approximate surface area is 123 Å². The summed E-state index contributed by atoms with van der Waals surface area (Å²) in [5, 5.41) is 0. The van der Waals surface area contributed by atoms with Crippen LogP contribution in [0.1, 0.15) is 23.4 Å². The third kappa shape index (κ3) is 2.26. The van der Waals surface area contributed by atoms with Crippen LogP contribution >= 0.6 is 31.9 Å². The van der Waals surface area contributed by atoms with Crippen LogP contribution in [0, 0.1) is 0 Å². The fourth-order valence-electron chi connectivity index (χ4n) is 2.75. The van der Waals surface area contributed by atoms with Gasteiger partial charge in [0.05, 0.1) is 4.47 Å². The first-order chi connectivity index (χ1) is 8.65. The molecule has 4 rings (SSSR count). The number of furan rings is 1. The molecular weight excluding hydrogens is 364 g/mol. The lowest BCUT2D eigenvalue weighted by Crippen LogP contribution is -2.41. The normalized spacial score (nSPS) is 27.3. The number of hydrogen-bond acceptors (Lipinski definition) is 3. The molecule has 3 aliphatic rings. The predicted octanol–water partition coefficient (Wildman–Crippen LogP) is 2.72. The van der Waals surface area contributed by atoms with Crippen LogP contribution in [-0.2, 0) is 0 Å². The SMILES string of the molecule is O=C(c1cc(Br)c(Br)o1)N1CCN2CCC1CC2. The monoisotopic (exact) mass is 376 g/mol. The Balaban J connectivity index is 1.83. The summed E-state index contributed by atoms with van der Waals surface area (Å²) < 4.78 is 6.80. The highest BCUT2D eigenvalue weighted by Crippen LogP contribution is 2.29. The molecule has 3 fully saturated rings. The molecule has 0 aliphatic carbocycles. The van der Waals surface area contributed by atoms with E-state index in [0.717, 1.165) is 43.5 Å². The van der Waals surface area contributed by atoms with Gasteiger partial charge in [-0.05, 0) is 44.7 Å². The van der Waals surface area contributed by atoms with E-state index in [1.165, 1.54) is 0 Å². The van der Waals surface area contributed by atoms with E-state index >= 15 is 0 Å². The number of carbonyl (C=O) groups is 1. The quantitative estimate of drug-likeness (QED) is 0.755. The average molecular weight is 378 g/mol. The summed E-state index contributed by atoms with van der Waals surface area (Å²) in [7, 11) is 0. The summed E-state index contributed by atoms with van der Waals surface area (Å²) in [6.45, 7) is 4.00. The van der Waals surface area contributed by atoms with Gasteiger partial charge in [0.1, 0.15) is 0 Å². The molecule has 1 aromatic heterocycles. The van der Waals surface area contributed by atoms with E-state index in [0.29, 0.717) is 16.5 Å². The van der Waals surface area contributed by atoms with Crippen LogP contribution in [0.25, 0.3) is 0 Å². The van der Waals surface area contributed by atoms with Gasteiger partial charge in [0.25, 0.3) is 5.91 Å². The molecule has 98 valence electrons. The lowest BCUT2D eigenvalue weighted by Gasteiger charge is -2.30. The fraction of sp³-hybridized carbons (Fsp3) is 0.583. The third-order valence-corrected chi connectivity index (χ3v) is 5.48. The third-order valence-electron chi connectivity index (χ3n) is 3.77. The molecule has 2 bridgehead atoms. The first kappa shape index (κ1) is 12.7. The molecule has 0 unspecified atom stereocenters. The van der Waals surface area contributed by atoms with E-state index in [-0.39, 0.29) is 5.91 Å². The summed E-state index contributed by atoms with van der Waals surface area (Å²) in [5.41, 5.74) is 0. The Morgan fingerprint density at radius 3 is 2.56 bits per heavy atom. The first-order valence-electron chi connectivity index (χ1n) is 6.13. The maximum Gasteiger partial charge on any atom is 0.289 e. The van der Waals surface area contributed by atoms with Crippen molar-refractivity contribution in [3.05, 3.63) is 21.0 Å². The van der Waals surface area contributed by atoms with E-state index in [1.54, 1.807) is 6.07 Å². The van der Waals surface area contributed by atoms with E-state index in [4.69, 9.17) is 4.42 Å². The van der Waals surface area contributed by atoms with Crippen molar-refractivity contribution in [1.29, 1.82) is 0 Å². The molecule has 0 spiro atoms. The molecule has 3 aliphatic heterocycles. The highest BCUT2D eigenvalue weighted by Gasteiger charge is 2.33. The van der Waals surface area contributed by atoms with Crippen LogP contribution in [-0.4, -0.2) is 47.9 Å². The maximum absolute atomic E-state index is 12.5. The van der Waals surface area contributed by atoms with Gasteiger partial charge in [-0.15, -0.1) is 0 Å². The lowest BCUT2D eigenvalue weighted by atomic mass is 10.1.